The molecule has 2 rings (SSSR count). The molecular weight excluding hydrogens is 294 g/mol. The summed E-state index contributed by atoms with van der Waals surface area (Å²) in [7, 11) is 0. The molecule has 126 valence electrons. The van der Waals surface area contributed by atoms with Crippen molar-refractivity contribution in [3.63, 3.8) is 0 Å². The molecule has 5 nitrogen and oxygen atoms in total. The van der Waals surface area contributed by atoms with E-state index in [2.05, 4.69) is 0 Å². The van der Waals surface area contributed by atoms with Gasteiger partial charge in [-0.25, -0.2) is 0 Å². The molecule has 1 amide bonds. The van der Waals surface area contributed by atoms with Crippen LogP contribution in [0.2, 0.25) is 0 Å². The number of hydrogen-bond acceptors (Lipinski definition) is 4. The number of carbonyl (C=O) groups excluding carboxylic acids is 2. The zero-order valence-electron chi connectivity index (χ0n) is 14.1. The van der Waals surface area contributed by atoms with E-state index in [9.17, 15) is 9.59 Å². The van der Waals surface area contributed by atoms with Crippen molar-refractivity contribution >= 4 is 11.9 Å². The fourth-order valence-electron chi connectivity index (χ4n) is 2.74. The molecule has 1 fully saturated rings. The van der Waals surface area contributed by atoms with Gasteiger partial charge in [0.2, 0.25) is 0 Å². The zero-order chi connectivity index (χ0) is 16.8. The molecule has 23 heavy (non-hydrogen) atoms. The van der Waals surface area contributed by atoms with Gasteiger partial charge in [-0.1, -0.05) is 12.1 Å². The number of nitrogens with zero attached hydrogens (tertiary/aromatic N) is 1. The molecular formula is C18H25NO4. The van der Waals surface area contributed by atoms with Crippen molar-refractivity contribution < 1.29 is 19.1 Å². The van der Waals surface area contributed by atoms with Gasteiger partial charge in [-0.15, -0.1) is 0 Å². The Labute approximate surface area is 137 Å². The number of ether oxygens (including phenoxy) is 2. The van der Waals surface area contributed by atoms with Gasteiger partial charge in [-0.2, -0.15) is 0 Å². The Bertz CT molecular complexity index is 562. The third-order valence-corrected chi connectivity index (χ3v) is 4.37. The van der Waals surface area contributed by atoms with Gasteiger partial charge in [0, 0.05) is 13.1 Å². The normalized spacial score (nSPS) is 15.3. The molecule has 1 saturated heterocycles. The minimum atomic E-state index is -0.147. The fourth-order valence-corrected chi connectivity index (χ4v) is 2.74. The lowest BCUT2D eigenvalue weighted by atomic mass is 9.97. The first-order chi connectivity index (χ1) is 11.0. The van der Waals surface area contributed by atoms with Gasteiger partial charge in [0.05, 0.1) is 12.5 Å². The Hall–Kier alpha value is -2.04. The highest BCUT2D eigenvalue weighted by molar-refractivity contribution is 5.78. The first kappa shape index (κ1) is 17.3. The van der Waals surface area contributed by atoms with Gasteiger partial charge in [0.25, 0.3) is 5.91 Å². The summed E-state index contributed by atoms with van der Waals surface area (Å²) < 4.78 is 10.7. The largest absolute Gasteiger partial charge is 0.483 e. The summed E-state index contributed by atoms with van der Waals surface area (Å²) in [4.78, 5) is 25.7. The van der Waals surface area contributed by atoms with Crippen LogP contribution in [0, 0.1) is 19.8 Å². The van der Waals surface area contributed by atoms with E-state index in [1.54, 1.807) is 11.8 Å². The van der Waals surface area contributed by atoms with Crippen LogP contribution in [0.3, 0.4) is 0 Å². The Morgan fingerprint density at radius 3 is 2.57 bits per heavy atom. The molecule has 1 aliphatic rings. The van der Waals surface area contributed by atoms with E-state index in [-0.39, 0.29) is 24.4 Å². The summed E-state index contributed by atoms with van der Waals surface area (Å²) in [6.45, 7) is 7.41. The SMILES string of the molecule is CCOC(=O)C1CCN(C(=O)COc2cccc(C)c2C)CC1. The topological polar surface area (TPSA) is 55.8 Å². The van der Waals surface area contributed by atoms with Gasteiger partial charge in [-0.05, 0) is 50.8 Å². The van der Waals surface area contributed by atoms with Crippen molar-refractivity contribution in [1.82, 2.24) is 4.90 Å². The van der Waals surface area contributed by atoms with Crippen molar-refractivity contribution in [2.24, 2.45) is 5.92 Å². The van der Waals surface area contributed by atoms with Crippen LogP contribution in [0.25, 0.3) is 0 Å². The predicted molar refractivity (Wildman–Crippen MR) is 87.3 cm³/mol. The molecule has 1 heterocycles. The molecule has 0 atom stereocenters. The summed E-state index contributed by atoms with van der Waals surface area (Å²) in [5.74, 6) is 0.484. The van der Waals surface area contributed by atoms with E-state index in [0.29, 0.717) is 32.5 Å². The molecule has 1 aromatic carbocycles. The Morgan fingerprint density at radius 2 is 1.91 bits per heavy atom. The zero-order valence-corrected chi connectivity index (χ0v) is 14.1. The molecule has 0 radical (unpaired) electrons. The highest BCUT2D eigenvalue weighted by atomic mass is 16.5. The molecule has 0 saturated carbocycles. The van der Waals surface area contributed by atoms with Crippen LogP contribution in [0.4, 0.5) is 0 Å². The monoisotopic (exact) mass is 319 g/mol. The average molecular weight is 319 g/mol. The van der Waals surface area contributed by atoms with Gasteiger partial charge < -0.3 is 14.4 Å². The van der Waals surface area contributed by atoms with E-state index >= 15 is 0 Å². The molecule has 0 spiro atoms. The minimum Gasteiger partial charge on any atom is -0.483 e. The van der Waals surface area contributed by atoms with Crippen molar-refractivity contribution in [1.29, 1.82) is 0 Å². The quantitative estimate of drug-likeness (QED) is 0.783. The van der Waals surface area contributed by atoms with Crippen LogP contribution in [0.15, 0.2) is 18.2 Å². The number of likely N-dealkylation sites (tertiary alicyclic amines) is 1. The number of esters is 1. The van der Waals surface area contributed by atoms with Crippen molar-refractivity contribution in [2.45, 2.75) is 33.6 Å². The number of hydrogen-bond donors (Lipinski definition) is 0. The van der Waals surface area contributed by atoms with Crippen LogP contribution in [-0.4, -0.2) is 43.1 Å². The second kappa shape index (κ2) is 7.99. The van der Waals surface area contributed by atoms with Crippen LogP contribution >= 0.6 is 0 Å². The Kier molecular flexibility index (Phi) is 6.02. The van der Waals surface area contributed by atoms with E-state index in [1.165, 1.54) is 0 Å². The second-order valence-electron chi connectivity index (χ2n) is 5.89. The number of aryl methyl sites for hydroxylation is 1. The summed E-state index contributed by atoms with van der Waals surface area (Å²) in [5, 5.41) is 0. The molecule has 0 aromatic heterocycles. The first-order valence-electron chi connectivity index (χ1n) is 8.16. The lowest BCUT2D eigenvalue weighted by Crippen LogP contribution is -2.42. The van der Waals surface area contributed by atoms with Gasteiger partial charge in [-0.3, -0.25) is 9.59 Å². The second-order valence-corrected chi connectivity index (χ2v) is 5.89. The highest BCUT2D eigenvalue weighted by Crippen LogP contribution is 2.22. The van der Waals surface area contributed by atoms with E-state index in [0.717, 1.165) is 16.9 Å². The Morgan fingerprint density at radius 1 is 1.22 bits per heavy atom. The molecule has 1 aromatic rings. The summed E-state index contributed by atoms with van der Waals surface area (Å²) >= 11 is 0. The number of piperidine rings is 1. The lowest BCUT2D eigenvalue weighted by molar-refractivity contribution is -0.151. The summed E-state index contributed by atoms with van der Waals surface area (Å²) in [6, 6.07) is 5.82. The summed E-state index contributed by atoms with van der Waals surface area (Å²) in [6.07, 6.45) is 1.32. The predicted octanol–water partition coefficient (Wildman–Crippen LogP) is 2.48. The third-order valence-electron chi connectivity index (χ3n) is 4.37. The smallest absolute Gasteiger partial charge is 0.309 e. The first-order valence-corrected chi connectivity index (χ1v) is 8.16. The molecule has 0 unspecified atom stereocenters. The van der Waals surface area contributed by atoms with Gasteiger partial charge in [0.1, 0.15) is 5.75 Å². The van der Waals surface area contributed by atoms with Crippen molar-refractivity contribution in [2.75, 3.05) is 26.3 Å². The van der Waals surface area contributed by atoms with E-state index < -0.39 is 0 Å². The van der Waals surface area contributed by atoms with Crippen LogP contribution in [0.5, 0.6) is 5.75 Å². The number of carbonyl (C=O) groups is 2. The minimum absolute atomic E-state index is 0.0341. The number of benzene rings is 1. The standard InChI is InChI=1S/C18H25NO4/c1-4-22-18(21)15-8-10-19(11-9-15)17(20)12-23-16-7-5-6-13(2)14(16)3/h5-7,15H,4,8-12H2,1-3H3. The molecule has 0 N–H and O–H groups in total. The van der Waals surface area contributed by atoms with Gasteiger partial charge >= 0.3 is 5.97 Å². The molecule has 1 aliphatic heterocycles. The number of rotatable bonds is 5. The molecule has 0 bridgehead atoms. The maximum atomic E-state index is 12.3. The van der Waals surface area contributed by atoms with Crippen LogP contribution in [-0.2, 0) is 14.3 Å². The van der Waals surface area contributed by atoms with Crippen molar-refractivity contribution in [3.8, 4) is 5.75 Å². The summed E-state index contributed by atoms with van der Waals surface area (Å²) in [5.41, 5.74) is 2.20. The third kappa shape index (κ3) is 4.47. The Balaban J connectivity index is 1.81. The lowest BCUT2D eigenvalue weighted by Gasteiger charge is -2.30. The highest BCUT2D eigenvalue weighted by Gasteiger charge is 2.28. The van der Waals surface area contributed by atoms with E-state index in [4.69, 9.17) is 9.47 Å². The van der Waals surface area contributed by atoms with Gasteiger partial charge in [0.15, 0.2) is 6.61 Å². The molecule has 5 heteroatoms. The maximum absolute atomic E-state index is 12.3. The van der Waals surface area contributed by atoms with Crippen LogP contribution in [0.1, 0.15) is 30.9 Å². The maximum Gasteiger partial charge on any atom is 0.309 e. The number of amides is 1. The molecule has 0 aliphatic carbocycles. The van der Waals surface area contributed by atoms with Crippen LogP contribution < -0.4 is 4.74 Å². The fraction of sp³-hybridized carbons (Fsp3) is 0.556. The average Bonchev–Trinajstić information content (AvgIpc) is 2.56. The van der Waals surface area contributed by atoms with Crippen molar-refractivity contribution in [3.05, 3.63) is 29.3 Å². The van der Waals surface area contributed by atoms with E-state index in [1.807, 2.05) is 32.0 Å².